The van der Waals surface area contributed by atoms with E-state index in [2.05, 4.69) is 19.2 Å². The van der Waals surface area contributed by atoms with Crippen molar-refractivity contribution >= 4 is 17.8 Å². The van der Waals surface area contributed by atoms with Crippen molar-refractivity contribution < 1.29 is 14.4 Å². The van der Waals surface area contributed by atoms with Gasteiger partial charge in [0.25, 0.3) is 11.8 Å². The lowest BCUT2D eigenvalue weighted by atomic mass is 9.73. The van der Waals surface area contributed by atoms with E-state index in [0.29, 0.717) is 56.9 Å². The molecule has 0 aliphatic carbocycles. The molecule has 1 aromatic carbocycles. The van der Waals surface area contributed by atoms with E-state index in [1.807, 2.05) is 55.9 Å². The third kappa shape index (κ3) is 5.40. The number of imide groups is 1. The van der Waals surface area contributed by atoms with Crippen molar-refractivity contribution in [3.05, 3.63) is 34.9 Å². The second-order valence-electron chi connectivity index (χ2n) is 10.5. The number of nitrogens with one attached hydrogen (secondary N) is 1. The zero-order chi connectivity index (χ0) is 24.3. The Hall–Kier alpha value is -2.41. The third-order valence-corrected chi connectivity index (χ3v) is 7.32. The van der Waals surface area contributed by atoms with Gasteiger partial charge in [-0.15, -0.1) is 0 Å². The predicted octanol–water partition coefficient (Wildman–Crippen LogP) is 3.44. The molecule has 7 nitrogen and oxygen atoms in total. The van der Waals surface area contributed by atoms with Crippen LogP contribution in [0.3, 0.4) is 0 Å². The van der Waals surface area contributed by atoms with Crippen LogP contribution in [-0.2, 0) is 4.79 Å². The van der Waals surface area contributed by atoms with Gasteiger partial charge in [-0.3, -0.25) is 14.5 Å². The third-order valence-electron chi connectivity index (χ3n) is 7.32. The Morgan fingerprint density at radius 1 is 1.15 bits per heavy atom. The van der Waals surface area contributed by atoms with Crippen molar-refractivity contribution in [3.63, 3.8) is 0 Å². The van der Waals surface area contributed by atoms with Gasteiger partial charge in [-0.05, 0) is 88.7 Å². The Balaban J connectivity index is 1.74. The van der Waals surface area contributed by atoms with Gasteiger partial charge < -0.3 is 15.1 Å². The van der Waals surface area contributed by atoms with Gasteiger partial charge in [-0.1, -0.05) is 19.9 Å². The normalized spacial score (nSPS) is 21.9. The molecular formula is C26H40N4O3. The number of rotatable bonds is 8. The van der Waals surface area contributed by atoms with Crippen LogP contribution in [0.15, 0.2) is 18.2 Å². The van der Waals surface area contributed by atoms with E-state index in [9.17, 15) is 14.4 Å². The molecule has 7 heteroatoms. The van der Waals surface area contributed by atoms with Crippen molar-refractivity contribution in [1.29, 1.82) is 0 Å². The summed E-state index contributed by atoms with van der Waals surface area (Å²) < 4.78 is 0. The zero-order valence-corrected chi connectivity index (χ0v) is 21.1. The lowest BCUT2D eigenvalue weighted by Crippen LogP contribution is -2.56. The highest BCUT2D eigenvalue weighted by molar-refractivity contribution is 6.07. The van der Waals surface area contributed by atoms with Crippen LogP contribution < -0.4 is 5.32 Å². The number of benzene rings is 1. The SMILES string of the molecule is Cc1ccc(C(=O)N2CCC(C3(CCC(C)C)NC(=O)N(CCN(C)C)C3=O)CC2)cc1C. The van der Waals surface area contributed by atoms with E-state index in [1.165, 1.54) is 10.5 Å². The second kappa shape index (κ2) is 10.2. The highest BCUT2D eigenvalue weighted by Gasteiger charge is 2.55. The summed E-state index contributed by atoms with van der Waals surface area (Å²) in [5.41, 5.74) is 2.14. The molecule has 1 aromatic rings. The molecule has 2 aliphatic heterocycles. The fourth-order valence-electron chi connectivity index (χ4n) is 4.95. The van der Waals surface area contributed by atoms with Gasteiger partial charge >= 0.3 is 6.03 Å². The molecule has 4 amide bonds. The minimum atomic E-state index is -0.858. The Labute approximate surface area is 198 Å². The Morgan fingerprint density at radius 2 is 1.82 bits per heavy atom. The summed E-state index contributed by atoms with van der Waals surface area (Å²) in [7, 11) is 3.87. The standard InChI is InChI=1S/C26H40N4O3/c1-18(2)9-12-26(24(32)30(25(33)27-26)16-15-28(5)6)22-10-13-29(14-11-22)23(31)21-8-7-19(3)20(4)17-21/h7-8,17-18,22H,9-16H2,1-6H3,(H,27,33). The number of amides is 4. The number of likely N-dealkylation sites (N-methyl/N-ethyl adjacent to an activating group) is 1. The lowest BCUT2D eigenvalue weighted by Gasteiger charge is -2.41. The van der Waals surface area contributed by atoms with Crippen molar-refractivity contribution in [1.82, 2.24) is 20.0 Å². The topological polar surface area (TPSA) is 73.0 Å². The van der Waals surface area contributed by atoms with E-state index in [0.717, 1.165) is 12.0 Å². The monoisotopic (exact) mass is 456 g/mol. The van der Waals surface area contributed by atoms with Crippen LogP contribution in [-0.4, -0.2) is 78.4 Å². The first-order valence-corrected chi connectivity index (χ1v) is 12.2. The summed E-state index contributed by atoms with van der Waals surface area (Å²) in [5.74, 6) is 0.422. The number of nitrogens with zero attached hydrogens (tertiary/aromatic N) is 3. The highest BCUT2D eigenvalue weighted by Crippen LogP contribution is 2.38. The van der Waals surface area contributed by atoms with Gasteiger partial charge in [0.1, 0.15) is 5.54 Å². The minimum Gasteiger partial charge on any atom is -0.339 e. The highest BCUT2D eigenvalue weighted by atomic mass is 16.2. The first-order chi connectivity index (χ1) is 15.5. The van der Waals surface area contributed by atoms with Gasteiger partial charge in [0.05, 0.1) is 0 Å². The Morgan fingerprint density at radius 3 is 2.39 bits per heavy atom. The van der Waals surface area contributed by atoms with Crippen LogP contribution in [0, 0.1) is 25.7 Å². The molecule has 2 heterocycles. The molecule has 1 N–H and O–H groups in total. The van der Waals surface area contributed by atoms with Gasteiger partial charge in [0.15, 0.2) is 0 Å². The molecule has 0 saturated carbocycles. The molecule has 0 spiro atoms. The molecule has 2 aliphatic rings. The lowest BCUT2D eigenvalue weighted by molar-refractivity contribution is -0.134. The van der Waals surface area contributed by atoms with Gasteiger partial charge in [-0.2, -0.15) is 0 Å². The fourth-order valence-corrected chi connectivity index (χ4v) is 4.95. The number of piperidine rings is 1. The number of hydrogen-bond acceptors (Lipinski definition) is 4. The summed E-state index contributed by atoms with van der Waals surface area (Å²) in [6.07, 6.45) is 2.93. The average molecular weight is 457 g/mol. The van der Waals surface area contributed by atoms with Crippen LogP contribution in [0.25, 0.3) is 0 Å². The number of carbonyl (C=O) groups is 3. The molecule has 33 heavy (non-hydrogen) atoms. The van der Waals surface area contributed by atoms with Crippen LogP contribution in [0.4, 0.5) is 4.79 Å². The van der Waals surface area contributed by atoms with Crippen LogP contribution in [0.5, 0.6) is 0 Å². The van der Waals surface area contributed by atoms with E-state index in [4.69, 9.17) is 0 Å². The quantitative estimate of drug-likeness (QED) is 0.608. The zero-order valence-electron chi connectivity index (χ0n) is 21.1. The van der Waals surface area contributed by atoms with E-state index in [-0.39, 0.29) is 23.8 Å². The summed E-state index contributed by atoms with van der Waals surface area (Å²) in [6, 6.07) is 5.56. The van der Waals surface area contributed by atoms with Gasteiger partial charge in [0.2, 0.25) is 0 Å². The Bertz CT molecular complexity index is 890. The number of urea groups is 1. The maximum atomic E-state index is 13.6. The molecule has 2 saturated heterocycles. The maximum Gasteiger partial charge on any atom is 0.325 e. The largest absolute Gasteiger partial charge is 0.339 e. The Kier molecular flexibility index (Phi) is 7.83. The number of hydrogen-bond donors (Lipinski definition) is 1. The number of carbonyl (C=O) groups excluding carboxylic acids is 3. The fraction of sp³-hybridized carbons (Fsp3) is 0.654. The number of likely N-dealkylation sites (tertiary alicyclic amines) is 1. The average Bonchev–Trinajstić information content (AvgIpc) is 3.02. The molecule has 2 fully saturated rings. The van der Waals surface area contributed by atoms with Gasteiger partial charge in [0, 0.05) is 31.7 Å². The van der Waals surface area contributed by atoms with E-state index < -0.39 is 5.54 Å². The summed E-state index contributed by atoms with van der Waals surface area (Å²) in [4.78, 5) is 44.8. The smallest absolute Gasteiger partial charge is 0.325 e. The summed E-state index contributed by atoms with van der Waals surface area (Å²) >= 11 is 0. The molecule has 1 atom stereocenters. The molecule has 0 bridgehead atoms. The number of aryl methyl sites for hydroxylation is 2. The molecule has 182 valence electrons. The molecule has 1 unspecified atom stereocenters. The summed E-state index contributed by atoms with van der Waals surface area (Å²) in [5, 5.41) is 3.12. The van der Waals surface area contributed by atoms with Crippen LogP contribution in [0.1, 0.15) is 61.0 Å². The molecule has 0 radical (unpaired) electrons. The maximum absolute atomic E-state index is 13.6. The predicted molar refractivity (Wildman–Crippen MR) is 130 cm³/mol. The second-order valence-corrected chi connectivity index (χ2v) is 10.5. The summed E-state index contributed by atoms with van der Waals surface area (Å²) in [6.45, 7) is 10.6. The molecular weight excluding hydrogens is 416 g/mol. The van der Waals surface area contributed by atoms with Gasteiger partial charge in [-0.25, -0.2) is 4.79 Å². The van der Waals surface area contributed by atoms with Crippen molar-refractivity contribution in [2.24, 2.45) is 11.8 Å². The minimum absolute atomic E-state index is 0.0286. The van der Waals surface area contributed by atoms with E-state index >= 15 is 0 Å². The van der Waals surface area contributed by atoms with Crippen molar-refractivity contribution in [3.8, 4) is 0 Å². The first kappa shape index (κ1) is 25.2. The molecule has 0 aromatic heterocycles. The van der Waals surface area contributed by atoms with Crippen LogP contribution >= 0.6 is 0 Å². The van der Waals surface area contributed by atoms with Crippen molar-refractivity contribution in [2.45, 2.75) is 58.9 Å². The molecule has 3 rings (SSSR count). The van der Waals surface area contributed by atoms with Crippen molar-refractivity contribution in [2.75, 3.05) is 40.3 Å². The first-order valence-electron chi connectivity index (χ1n) is 12.2. The van der Waals surface area contributed by atoms with E-state index in [1.54, 1.807) is 0 Å². The van der Waals surface area contributed by atoms with Crippen LogP contribution in [0.2, 0.25) is 0 Å².